The van der Waals surface area contributed by atoms with Crippen LogP contribution in [0.25, 0.3) is 0 Å². The average Bonchev–Trinajstić information content (AvgIpc) is 3.07. The van der Waals surface area contributed by atoms with Crippen molar-refractivity contribution >= 4 is 35.0 Å². The zero-order valence-corrected chi connectivity index (χ0v) is 24.4. The van der Waals surface area contributed by atoms with Crippen molar-refractivity contribution in [2.24, 2.45) is 11.8 Å². The molecule has 5 rings (SSSR count). The number of amides is 4. The molecule has 0 heterocycles. The summed E-state index contributed by atoms with van der Waals surface area (Å²) in [7, 11) is 0. The van der Waals surface area contributed by atoms with Crippen LogP contribution in [-0.2, 0) is 22.7 Å². The number of anilines is 2. The molecule has 0 radical (unpaired) electrons. The van der Waals surface area contributed by atoms with Crippen LogP contribution in [0.5, 0.6) is 0 Å². The molecule has 44 heavy (non-hydrogen) atoms. The van der Waals surface area contributed by atoms with Crippen LogP contribution in [0.15, 0.2) is 109 Å². The van der Waals surface area contributed by atoms with Crippen molar-refractivity contribution in [2.75, 3.05) is 10.6 Å². The molecule has 4 aromatic rings. The van der Waals surface area contributed by atoms with Gasteiger partial charge in [-0.05, 0) is 73.2 Å². The van der Waals surface area contributed by atoms with E-state index in [1.54, 1.807) is 48.5 Å². The lowest BCUT2D eigenvalue weighted by molar-refractivity contribution is -0.125. The van der Waals surface area contributed by atoms with Gasteiger partial charge in [0.05, 0.1) is 0 Å². The van der Waals surface area contributed by atoms with Gasteiger partial charge in [0.2, 0.25) is 11.8 Å². The highest BCUT2D eigenvalue weighted by molar-refractivity contribution is 5.99. The van der Waals surface area contributed by atoms with Gasteiger partial charge in [0.1, 0.15) is 0 Å². The minimum Gasteiger partial charge on any atom is -0.348 e. The highest BCUT2D eigenvalue weighted by Crippen LogP contribution is 2.31. The van der Waals surface area contributed by atoms with Gasteiger partial charge in [-0.15, -0.1) is 0 Å². The third-order valence-corrected chi connectivity index (χ3v) is 7.85. The van der Waals surface area contributed by atoms with Gasteiger partial charge in [-0.25, -0.2) is 0 Å². The Morgan fingerprint density at radius 1 is 0.500 bits per heavy atom. The Hall–Kier alpha value is -5.24. The van der Waals surface area contributed by atoms with Gasteiger partial charge >= 0.3 is 0 Å². The summed E-state index contributed by atoms with van der Waals surface area (Å²) in [5.41, 5.74) is 4.08. The fraction of sp³-hybridized carbons (Fsp3) is 0.222. The van der Waals surface area contributed by atoms with Crippen molar-refractivity contribution in [3.8, 4) is 0 Å². The standard InChI is InChI=1S/C36H36N4O4/c41-33(37-23-25-9-3-1-4-10-25)29-13-7-15-31(21-29)39-35(43)27-17-19-28(20-18-27)36(44)40-32-16-8-14-30(22-32)34(42)38-24-26-11-5-2-6-12-26/h1-16,21-22,27-28H,17-20,23-24H2,(H,37,41)(H,38,42)(H,39,43)(H,40,44). The first-order valence-corrected chi connectivity index (χ1v) is 14.9. The van der Waals surface area contributed by atoms with Crippen LogP contribution in [0.3, 0.4) is 0 Å². The lowest BCUT2D eigenvalue weighted by atomic mass is 9.81. The molecule has 0 aromatic heterocycles. The first-order valence-electron chi connectivity index (χ1n) is 14.9. The third kappa shape index (κ3) is 8.41. The maximum Gasteiger partial charge on any atom is 0.251 e. The van der Waals surface area contributed by atoms with Gasteiger partial charge in [-0.2, -0.15) is 0 Å². The summed E-state index contributed by atoms with van der Waals surface area (Å²) in [6, 6.07) is 33.1. The Balaban J connectivity index is 1.07. The van der Waals surface area contributed by atoms with Crippen LogP contribution in [0, 0.1) is 11.8 Å². The first kappa shape index (κ1) is 30.2. The average molecular weight is 589 g/mol. The SMILES string of the molecule is O=C(NCc1ccccc1)c1cccc(NC(=O)C2CCC(C(=O)Nc3cccc(C(=O)NCc4ccccc4)c3)CC2)c1. The van der Waals surface area contributed by atoms with Crippen LogP contribution in [-0.4, -0.2) is 23.6 Å². The quantitative estimate of drug-likeness (QED) is 0.184. The molecule has 0 aliphatic heterocycles. The highest BCUT2D eigenvalue weighted by atomic mass is 16.2. The third-order valence-electron chi connectivity index (χ3n) is 7.85. The molecule has 8 nitrogen and oxygen atoms in total. The maximum absolute atomic E-state index is 13.0. The van der Waals surface area contributed by atoms with Gasteiger partial charge in [0, 0.05) is 47.4 Å². The Morgan fingerprint density at radius 2 is 0.886 bits per heavy atom. The van der Waals surface area contributed by atoms with Crippen LogP contribution in [0.4, 0.5) is 11.4 Å². The fourth-order valence-electron chi connectivity index (χ4n) is 5.34. The lowest BCUT2D eigenvalue weighted by Crippen LogP contribution is -2.32. The molecule has 1 saturated carbocycles. The van der Waals surface area contributed by atoms with Crippen molar-refractivity contribution < 1.29 is 19.2 Å². The smallest absolute Gasteiger partial charge is 0.251 e. The molecule has 0 unspecified atom stereocenters. The number of hydrogen-bond acceptors (Lipinski definition) is 4. The molecule has 8 heteroatoms. The molecule has 4 N–H and O–H groups in total. The summed E-state index contributed by atoms with van der Waals surface area (Å²) >= 11 is 0. The van der Waals surface area contributed by atoms with E-state index in [1.807, 2.05) is 60.7 Å². The van der Waals surface area contributed by atoms with E-state index in [2.05, 4.69) is 21.3 Å². The van der Waals surface area contributed by atoms with Gasteiger partial charge < -0.3 is 21.3 Å². The molecule has 0 saturated heterocycles. The first-order chi connectivity index (χ1) is 21.4. The van der Waals surface area contributed by atoms with E-state index in [4.69, 9.17) is 0 Å². The van der Waals surface area contributed by atoms with E-state index in [-0.39, 0.29) is 35.5 Å². The van der Waals surface area contributed by atoms with E-state index in [0.717, 1.165) is 11.1 Å². The predicted octanol–water partition coefficient (Wildman–Crippen LogP) is 5.93. The van der Waals surface area contributed by atoms with Gasteiger partial charge in [-0.3, -0.25) is 19.2 Å². The Morgan fingerprint density at radius 3 is 1.27 bits per heavy atom. The van der Waals surface area contributed by atoms with E-state index in [1.165, 1.54) is 0 Å². The zero-order valence-electron chi connectivity index (χ0n) is 24.4. The second-order valence-electron chi connectivity index (χ2n) is 11.0. The van der Waals surface area contributed by atoms with Gasteiger partial charge in [0.25, 0.3) is 11.8 Å². The van der Waals surface area contributed by atoms with Crippen LogP contribution in [0.1, 0.15) is 57.5 Å². The second kappa shape index (κ2) is 14.8. The largest absolute Gasteiger partial charge is 0.348 e. The molecule has 0 spiro atoms. The van der Waals surface area contributed by atoms with E-state index < -0.39 is 0 Å². The van der Waals surface area contributed by atoms with E-state index >= 15 is 0 Å². The van der Waals surface area contributed by atoms with Gasteiger partial charge in [0.15, 0.2) is 0 Å². The van der Waals surface area contributed by atoms with Crippen molar-refractivity contribution in [1.82, 2.24) is 10.6 Å². The summed E-state index contributed by atoms with van der Waals surface area (Å²) in [4.78, 5) is 51.3. The summed E-state index contributed by atoms with van der Waals surface area (Å²) in [6.07, 6.45) is 2.35. The van der Waals surface area contributed by atoms with E-state index in [9.17, 15) is 19.2 Å². The molecule has 0 bridgehead atoms. The Kier molecular flexibility index (Phi) is 10.2. The molecule has 1 aliphatic carbocycles. The normalized spacial score (nSPS) is 15.9. The highest BCUT2D eigenvalue weighted by Gasteiger charge is 2.30. The summed E-state index contributed by atoms with van der Waals surface area (Å²) in [6.45, 7) is 0.838. The fourth-order valence-corrected chi connectivity index (χ4v) is 5.34. The van der Waals surface area contributed by atoms with E-state index in [0.29, 0.717) is 61.3 Å². The Labute approximate surface area is 257 Å². The molecule has 1 aliphatic rings. The second-order valence-corrected chi connectivity index (χ2v) is 11.0. The minimum absolute atomic E-state index is 0.111. The molecule has 0 atom stereocenters. The van der Waals surface area contributed by atoms with Crippen molar-refractivity contribution in [3.05, 3.63) is 131 Å². The van der Waals surface area contributed by atoms with Crippen LogP contribution < -0.4 is 21.3 Å². The molecule has 1 fully saturated rings. The summed E-state index contributed by atoms with van der Waals surface area (Å²) in [5, 5.41) is 11.7. The topological polar surface area (TPSA) is 116 Å². The maximum atomic E-state index is 13.0. The van der Waals surface area contributed by atoms with Crippen molar-refractivity contribution in [3.63, 3.8) is 0 Å². The van der Waals surface area contributed by atoms with Gasteiger partial charge in [-0.1, -0.05) is 72.8 Å². The zero-order chi connectivity index (χ0) is 30.7. The van der Waals surface area contributed by atoms with Crippen LogP contribution >= 0.6 is 0 Å². The molecular weight excluding hydrogens is 552 g/mol. The summed E-state index contributed by atoms with van der Waals surface area (Å²) < 4.78 is 0. The predicted molar refractivity (Wildman–Crippen MR) is 171 cm³/mol. The number of benzene rings is 4. The monoisotopic (exact) mass is 588 g/mol. The van der Waals surface area contributed by atoms with Crippen molar-refractivity contribution in [1.29, 1.82) is 0 Å². The number of hydrogen-bond donors (Lipinski definition) is 4. The number of rotatable bonds is 10. The van der Waals surface area contributed by atoms with Crippen molar-refractivity contribution in [2.45, 2.75) is 38.8 Å². The number of carbonyl (C=O) groups excluding carboxylic acids is 4. The molecular formula is C36H36N4O4. The minimum atomic E-state index is -0.216. The number of carbonyl (C=O) groups is 4. The molecule has 224 valence electrons. The van der Waals surface area contributed by atoms with Crippen LogP contribution in [0.2, 0.25) is 0 Å². The Bertz CT molecular complexity index is 1480. The molecule has 4 amide bonds. The lowest BCUT2D eigenvalue weighted by Gasteiger charge is -2.27. The number of nitrogens with one attached hydrogen (secondary N) is 4. The summed E-state index contributed by atoms with van der Waals surface area (Å²) in [5.74, 6) is -1.08. The molecule has 4 aromatic carbocycles.